The summed E-state index contributed by atoms with van der Waals surface area (Å²) in [5.74, 6) is -0.555. The molecule has 6 nitrogen and oxygen atoms in total. The summed E-state index contributed by atoms with van der Waals surface area (Å²) in [7, 11) is 0. The average Bonchev–Trinajstić information content (AvgIpc) is 3.07. The van der Waals surface area contributed by atoms with Crippen molar-refractivity contribution in [1.82, 2.24) is 14.4 Å². The summed E-state index contributed by atoms with van der Waals surface area (Å²) in [5.41, 5.74) is 8.17. The van der Waals surface area contributed by atoms with Crippen LogP contribution in [0.15, 0.2) is 67.0 Å². The van der Waals surface area contributed by atoms with Gasteiger partial charge in [-0.15, -0.1) is 0 Å². The number of fused-ring (bicyclic) bond motifs is 1. The molecule has 1 amide bonds. The van der Waals surface area contributed by atoms with E-state index in [9.17, 15) is 9.18 Å². The molecule has 3 aromatic heterocycles. The fourth-order valence-corrected chi connectivity index (χ4v) is 2.61. The van der Waals surface area contributed by atoms with Gasteiger partial charge in [0, 0.05) is 18.0 Å². The molecule has 26 heavy (non-hydrogen) atoms. The second-order valence-corrected chi connectivity index (χ2v) is 5.69. The van der Waals surface area contributed by atoms with E-state index in [4.69, 9.17) is 5.73 Å². The Kier molecular flexibility index (Phi) is 3.81. The number of hydrogen-bond acceptors (Lipinski definition) is 4. The summed E-state index contributed by atoms with van der Waals surface area (Å²) >= 11 is 0. The zero-order chi connectivity index (χ0) is 18.1. The Morgan fingerprint density at radius 3 is 2.65 bits per heavy atom. The second-order valence-electron chi connectivity index (χ2n) is 5.69. The molecule has 128 valence electrons. The van der Waals surface area contributed by atoms with Crippen molar-refractivity contribution in [3.63, 3.8) is 0 Å². The third-order valence-corrected chi connectivity index (χ3v) is 3.87. The van der Waals surface area contributed by atoms with Gasteiger partial charge in [-0.2, -0.15) is 0 Å². The molecule has 0 radical (unpaired) electrons. The molecule has 0 aliphatic carbocycles. The van der Waals surface area contributed by atoms with Gasteiger partial charge in [-0.25, -0.2) is 14.4 Å². The van der Waals surface area contributed by atoms with Crippen molar-refractivity contribution >= 4 is 23.1 Å². The Morgan fingerprint density at radius 1 is 1.00 bits per heavy atom. The van der Waals surface area contributed by atoms with Crippen LogP contribution in [0, 0.1) is 5.82 Å². The van der Waals surface area contributed by atoms with Gasteiger partial charge in [-0.3, -0.25) is 4.79 Å². The molecule has 0 saturated carbocycles. The maximum Gasteiger partial charge on any atom is 0.275 e. The van der Waals surface area contributed by atoms with Crippen LogP contribution in [0.4, 0.5) is 15.9 Å². The number of carbonyl (C=O) groups is 1. The molecule has 0 unspecified atom stereocenters. The molecule has 1 aromatic carbocycles. The van der Waals surface area contributed by atoms with Crippen molar-refractivity contribution in [2.24, 2.45) is 0 Å². The molecule has 0 aliphatic heterocycles. The number of nitrogens with two attached hydrogens (primary N) is 1. The maximum atomic E-state index is 13.7. The van der Waals surface area contributed by atoms with Gasteiger partial charge in [0.25, 0.3) is 5.91 Å². The van der Waals surface area contributed by atoms with Crippen LogP contribution in [0.1, 0.15) is 10.5 Å². The largest absolute Gasteiger partial charge is 0.384 e. The first-order chi connectivity index (χ1) is 12.6. The normalized spacial score (nSPS) is 10.8. The number of hydrogen-bond donors (Lipinski definition) is 2. The van der Waals surface area contributed by atoms with E-state index >= 15 is 0 Å². The zero-order valence-corrected chi connectivity index (χ0v) is 13.6. The van der Waals surface area contributed by atoms with E-state index in [0.29, 0.717) is 11.5 Å². The summed E-state index contributed by atoms with van der Waals surface area (Å²) in [6.07, 6.45) is 3.39. The number of para-hydroxylation sites is 1. The van der Waals surface area contributed by atoms with Crippen molar-refractivity contribution < 1.29 is 9.18 Å². The topological polar surface area (TPSA) is 85.3 Å². The van der Waals surface area contributed by atoms with Crippen molar-refractivity contribution in [1.29, 1.82) is 0 Å². The van der Waals surface area contributed by atoms with Gasteiger partial charge in [-0.1, -0.05) is 18.2 Å². The first kappa shape index (κ1) is 15.8. The zero-order valence-electron chi connectivity index (χ0n) is 13.6. The molecular weight excluding hydrogens is 333 g/mol. The van der Waals surface area contributed by atoms with Crippen molar-refractivity contribution in [2.45, 2.75) is 0 Å². The minimum absolute atomic E-state index is 0.110. The number of benzene rings is 1. The van der Waals surface area contributed by atoms with Crippen LogP contribution in [0.5, 0.6) is 0 Å². The highest BCUT2D eigenvalue weighted by Crippen LogP contribution is 2.20. The molecule has 0 saturated heterocycles. The number of imidazole rings is 1. The van der Waals surface area contributed by atoms with E-state index in [1.54, 1.807) is 34.9 Å². The van der Waals surface area contributed by atoms with Crippen molar-refractivity contribution in [3.05, 3.63) is 78.5 Å². The monoisotopic (exact) mass is 347 g/mol. The number of halogens is 1. The van der Waals surface area contributed by atoms with Crippen molar-refractivity contribution in [2.75, 3.05) is 11.1 Å². The lowest BCUT2D eigenvalue weighted by molar-refractivity contribution is 0.102. The molecule has 7 heteroatoms. The highest BCUT2D eigenvalue weighted by Gasteiger charge is 2.13. The molecule has 0 atom stereocenters. The Labute approximate surface area is 148 Å². The van der Waals surface area contributed by atoms with Crippen LogP contribution in [0.25, 0.3) is 16.9 Å². The van der Waals surface area contributed by atoms with E-state index < -0.39 is 11.7 Å². The predicted octanol–water partition coefficient (Wildman–Crippen LogP) is 3.37. The Balaban J connectivity index is 1.65. The number of pyridine rings is 2. The first-order valence-corrected chi connectivity index (χ1v) is 7.88. The minimum Gasteiger partial charge on any atom is -0.384 e. The summed E-state index contributed by atoms with van der Waals surface area (Å²) < 4.78 is 15.4. The van der Waals surface area contributed by atoms with Crippen LogP contribution in [0.2, 0.25) is 0 Å². The van der Waals surface area contributed by atoms with Crippen LogP contribution in [-0.4, -0.2) is 20.3 Å². The van der Waals surface area contributed by atoms with Gasteiger partial charge in [0.05, 0.1) is 11.4 Å². The van der Waals surface area contributed by atoms with Gasteiger partial charge in [0.15, 0.2) is 0 Å². The van der Waals surface area contributed by atoms with Crippen LogP contribution >= 0.6 is 0 Å². The lowest BCUT2D eigenvalue weighted by Crippen LogP contribution is -2.13. The summed E-state index contributed by atoms with van der Waals surface area (Å²) in [6, 6.07) is 15.0. The lowest BCUT2D eigenvalue weighted by atomic mass is 10.2. The molecule has 0 bridgehead atoms. The summed E-state index contributed by atoms with van der Waals surface area (Å²) in [5, 5.41) is 2.52. The third-order valence-electron chi connectivity index (χ3n) is 3.87. The number of nitrogens with zero attached hydrogens (tertiary/aromatic N) is 3. The number of nitrogens with one attached hydrogen (secondary N) is 1. The Morgan fingerprint density at radius 2 is 1.85 bits per heavy atom. The van der Waals surface area contributed by atoms with Crippen molar-refractivity contribution in [3.8, 4) is 11.3 Å². The molecular formula is C19H14FN5O. The van der Waals surface area contributed by atoms with E-state index in [0.717, 1.165) is 11.3 Å². The molecule has 4 rings (SSSR count). The number of anilines is 2. The fraction of sp³-hybridized carbons (Fsp3) is 0. The van der Waals surface area contributed by atoms with Gasteiger partial charge < -0.3 is 15.5 Å². The van der Waals surface area contributed by atoms with E-state index in [1.807, 2.05) is 24.4 Å². The Hall–Kier alpha value is -3.74. The summed E-state index contributed by atoms with van der Waals surface area (Å²) in [6.45, 7) is 0. The van der Waals surface area contributed by atoms with Gasteiger partial charge >= 0.3 is 0 Å². The van der Waals surface area contributed by atoms with E-state index in [-0.39, 0.29) is 11.4 Å². The molecule has 0 aliphatic rings. The number of nitrogen functional groups attached to an aromatic ring is 1. The molecule has 3 N–H and O–H groups in total. The maximum absolute atomic E-state index is 13.7. The number of carbonyl (C=O) groups excluding carboxylic acids is 1. The SMILES string of the molecule is Nc1cccc(-c2ccc3nc(C(=O)Nc4ccccc4F)cn3c2)n1. The molecule has 3 heterocycles. The average molecular weight is 347 g/mol. The first-order valence-electron chi connectivity index (χ1n) is 7.88. The van der Waals surface area contributed by atoms with E-state index in [1.165, 1.54) is 12.1 Å². The number of aromatic nitrogens is 3. The standard InChI is InChI=1S/C19H14FN5O/c20-13-4-1-2-5-15(13)24-19(26)16-11-25-10-12(8-9-18(25)23-16)14-6-3-7-17(21)22-14/h1-11H,(H2,21,22)(H,24,26). The smallest absolute Gasteiger partial charge is 0.275 e. The Bertz CT molecular complexity index is 1120. The van der Waals surface area contributed by atoms with E-state index in [2.05, 4.69) is 15.3 Å². The second kappa shape index (κ2) is 6.29. The fourth-order valence-electron chi connectivity index (χ4n) is 2.61. The van der Waals surface area contributed by atoms with Crippen LogP contribution in [0.3, 0.4) is 0 Å². The molecule has 0 spiro atoms. The van der Waals surface area contributed by atoms with Gasteiger partial charge in [-0.05, 0) is 36.4 Å². The van der Waals surface area contributed by atoms with Crippen LogP contribution < -0.4 is 11.1 Å². The predicted molar refractivity (Wildman–Crippen MR) is 97.2 cm³/mol. The molecule has 4 aromatic rings. The quantitative estimate of drug-likeness (QED) is 0.595. The number of rotatable bonds is 3. The van der Waals surface area contributed by atoms with Crippen LogP contribution in [-0.2, 0) is 0 Å². The molecule has 0 fully saturated rings. The lowest BCUT2D eigenvalue weighted by Gasteiger charge is -2.03. The number of amides is 1. The van der Waals surface area contributed by atoms with Gasteiger partial charge in [0.1, 0.15) is 23.0 Å². The summed E-state index contributed by atoms with van der Waals surface area (Å²) in [4.78, 5) is 20.9. The van der Waals surface area contributed by atoms with Gasteiger partial charge in [0.2, 0.25) is 0 Å². The highest BCUT2D eigenvalue weighted by molar-refractivity contribution is 6.03. The minimum atomic E-state index is -0.500. The highest BCUT2D eigenvalue weighted by atomic mass is 19.1. The third kappa shape index (κ3) is 2.98.